The van der Waals surface area contributed by atoms with Crippen LogP contribution in [0.15, 0.2) is 24.4 Å². The lowest BCUT2D eigenvalue weighted by Gasteiger charge is -2.34. The summed E-state index contributed by atoms with van der Waals surface area (Å²) in [7, 11) is -3.18. The minimum absolute atomic E-state index is 0.0120. The van der Waals surface area contributed by atoms with Crippen molar-refractivity contribution in [3.05, 3.63) is 24.4 Å². The van der Waals surface area contributed by atoms with E-state index in [1.807, 2.05) is 18.2 Å². The van der Waals surface area contributed by atoms with Crippen molar-refractivity contribution >= 4 is 27.4 Å². The van der Waals surface area contributed by atoms with Crippen LogP contribution >= 0.6 is 11.6 Å². The summed E-state index contributed by atoms with van der Waals surface area (Å²) in [6.07, 6.45) is 1.74. The number of sulfonamides is 1. The van der Waals surface area contributed by atoms with E-state index in [4.69, 9.17) is 11.6 Å². The third kappa shape index (κ3) is 3.13. The number of alkyl halides is 1. The van der Waals surface area contributed by atoms with Crippen molar-refractivity contribution in [2.45, 2.75) is 0 Å². The normalized spacial score (nSPS) is 17.9. The standard InChI is InChI=1S/C11H16ClN3O2S/c12-4-10-18(16,17)15-8-6-14(7-9-15)11-3-1-2-5-13-11/h1-3,5H,4,6-10H2. The number of anilines is 1. The second-order valence-corrected chi connectivity index (χ2v) is 6.55. The number of rotatable bonds is 4. The molecular formula is C11H16ClN3O2S. The number of aromatic nitrogens is 1. The average Bonchev–Trinajstić information content (AvgIpc) is 2.40. The van der Waals surface area contributed by atoms with Crippen LogP contribution in [-0.2, 0) is 10.0 Å². The lowest BCUT2D eigenvalue weighted by molar-refractivity contribution is 0.384. The molecule has 1 aliphatic heterocycles. The molecule has 0 atom stereocenters. The summed E-state index contributed by atoms with van der Waals surface area (Å²) in [6, 6.07) is 5.73. The lowest BCUT2D eigenvalue weighted by atomic mass is 10.3. The van der Waals surface area contributed by atoms with Crippen molar-refractivity contribution in [2.75, 3.05) is 42.7 Å². The molecule has 0 aromatic carbocycles. The molecule has 5 nitrogen and oxygen atoms in total. The quantitative estimate of drug-likeness (QED) is 0.769. The molecule has 18 heavy (non-hydrogen) atoms. The number of pyridine rings is 1. The number of halogens is 1. The molecule has 100 valence electrons. The molecule has 1 saturated heterocycles. The van der Waals surface area contributed by atoms with Gasteiger partial charge in [0, 0.05) is 38.3 Å². The van der Waals surface area contributed by atoms with E-state index < -0.39 is 10.0 Å². The van der Waals surface area contributed by atoms with Gasteiger partial charge in [-0.2, -0.15) is 4.31 Å². The topological polar surface area (TPSA) is 53.5 Å². The van der Waals surface area contributed by atoms with Crippen molar-refractivity contribution in [3.63, 3.8) is 0 Å². The van der Waals surface area contributed by atoms with E-state index in [0.717, 1.165) is 5.82 Å². The zero-order chi connectivity index (χ0) is 13.0. The van der Waals surface area contributed by atoms with Crippen LogP contribution in [0.5, 0.6) is 0 Å². The van der Waals surface area contributed by atoms with Gasteiger partial charge in [0.15, 0.2) is 0 Å². The molecule has 1 aliphatic rings. The Morgan fingerprint density at radius 1 is 1.22 bits per heavy atom. The van der Waals surface area contributed by atoms with Crippen LogP contribution in [0.2, 0.25) is 0 Å². The maximum atomic E-state index is 11.8. The minimum Gasteiger partial charge on any atom is -0.354 e. The Labute approximate surface area is 112 Å². The zero-order valence-corrected chi connectivity index (χ0v) is 11.6. The smallest absolute Gasteiger partial charge is 0.215 e. The lowest BCUT2D eigenvalue weighted by Crippen LogP contribution is -2.49. The van der Waals surface area contributed by atoms with E-state index in [1.54, 1.807) is 6.20 Å². The van der Waals surface area contributed by atoms with E-state index in [1.165, 1.54) is 4.31 Å². The monoisotopic (exact) mass is 289 g/mol. The summed E-state index contributed by atoms with van der Waals surface area (Å²) in [5, 5.41) is 0. The molecule has 0 N–H and O–H groups in total. The van der Waals surface area contributed by atoms with Crippen LogP contribution in [0.3, 0.4) is 0 Å². The van der Waals surface area contributed by atoms with Gasteiger partial charge in [0.05, 0.1) is 5.75 Å². The first kappa shape index (κ1) is 13.6. The molecule has 0 unspecified atom stereocenters. The average molecular weight is 290 g/mol. The molecular weight excluding hydrogens is 274 g/mol. The van der Waals surface area contributed by atoms with Crippen molar-refractivity contribution in [2.24, 2.45) is 0 Å². The molecule has 2 heterocycles. The van der Waals surface area contributed by atoms with E-state index in [9.17, 15) is 8.42 Å². The Balaban J connectivity index is 1.97. The van der Waals surface area contributed by atoms with Gasteiger partial charge in [0.1, 0.15) is 5.82 Å². The maximum Gasteiger partial charge on any atom is 0.215 e. The highest BCUT2D eigenvalue weighted by molar-refractivity contribution is 7.89. The first-order valence-electron chi connectivity index (χ1n) is 5.83. The molecule has 1 aromatic rings. The number of nitrogens with zero attached hydrogens (tertiary/aromatic N) is 3. The maximum absolute atomic E-state index is 11.8. The van der Waals surface area contributed by atoms with Crippen molar-refractivity contribution < 1.29 is 8.42 Å². The van der Waals surface area contributed by atoms with E-state index >= 15 is 0 Å². The fourth-order valence-corrected chi connectivity index (χ4v) is 3.72. The second kappa shape index (κ2) is 5.86. The van der Waals surface area contributed by atoms with Gasteiger partial charge in [-0.1, -0.05) is 6.07 Å². The molecule has 1 aromatic heterocycles. The third-order valence-corrected chi connectivity index (χ3v) is 5.23. The van der Waals surface area contributed by atoms with Gasteiger partial charge in [0.2, 0.25) is 10.0 Å². The highest BCUT2D eigenvalue weighted by Gasteiger charge is 2.26. The van der Waals surface area contributed by atoms with Crippen molar-refractivity contribution in [1.29, 1.82) is 0 Å². The molecule has 0 saturated carbocycles. The summed E-state index contributed by atoms with van der Waals surface area (Å²) in [6.45, 7) is 2.32. The number of hydrogen-bond donors (Lipinski definition) is 0. The summed E-state index contributed by atoms with van der Waals surface area (Å²) in [4.78, 5) is 6.35. The molecule has 0 aliphatic carbocycles. The van der Waals surface area contributed by atoms with Crippen LogP contribution in [0.25, 0.3) is 0 Å². The third-order valence-electron chi connectivity index (χ3n) is 2.94. The molecule has 0 spiro atoms. The second-order valence-electron chi connectivity index (χ2n) is 4.08. The van der Waals surface area contributed by atoms with Gasteiger partial charge in [-0.05, 0) is 12.1 Å². The van der Waals surface area contributed by atoms with Crippen LogP contribution in [0.4, 0.5) is 5.82 Å². The SMILES string of the molecule is O=S(=O)(CCCl)N1CCN(c2ccccn2)CC1. The van der Waals surface area contributed by atoms with Crippen LogP contribution in [0, 0.1) is 0 Å². The Bertz CT molecular complexity index is 472. The number of piperazine rings is 1. The fraction of sp³-hybridized carbons (Fsp3) is 0.545. The highest BCUT2D eigenvalue weighted by Crippen LogP contribution is 2.14. The molecule has 1 fully saturated rings. The van der Waals surface area contributed by atoms with Gasteiger partial charge in [-0.25, -0.2) is 13.4 Å². The van der Waals surface area contributed by atoms with E-state index in [-0.39, 0.29) is 11.6 Å². The Kier molecular flexibility index (Phi) is 4.42. The zero-order valence-electron chi connectivity index (χ0n) is 10.00. The van der Waals surface area contributed by atoms with E-state index in [0.29, 0.717) is 26.2 Å². The van der Waals surface area contributed by atoms with Gasteiger partial charge in [0.25, 0.3) is 0 Å². The predicted octanol–water partition coefficient (Wildman–Crippen LogP) is 0.772. The molecule has 0 amide bonds. The number of hydrogen-bond acceptors (Lipinski definition) is 4. The van der Waals surface area contributed by atoms with Crippen molar-refractivity contribution in [1.82, 2.24) is 9.29 Å². The summed E-state index contributed by atoms with van der Waals surface area (Å²) in [5.41, 5.74) is 0. The van der Waals surface area contributed by atoms with Crippen LogP contribution < -0.4 is 4.90 Å². The van der Waals surface area contributed by atoms with Gasteiger partial charge in [-0.3, -0.25) is 0 Å². The van der Waals surface area contributed by atoms with E-state index in [2.05, 4.69) is 9.88 Å². The van der Waals surface area contributed by atoms with Crippen molar-refractivity contribution in [3.8, 4) is 0 Å². The Morgan fingerprint density at radius 3 is 2.50 bits per heavy atom. The van der Waals surface area contributed by atoms with Gasteiger partial charge >= 0.3 is 0 Å². The summed E-state index contributed by atoms with van der Waals surface area (Å²) >= 11 is 5.50. The first-order valence-corrected chi connectivity index (χ1v) is 7.97. The summed E-state index contributed by atoms with van der Waals surface area (Å²) in [5.74, 6) is 1.05. The largest absolute Gasteiger partial charge is 0.354 e. The Hall–Kier alpha value is -0.850. The molecule has 7 heteroatoms. The first-order chi connectivity index (χ1) is 8.63. The molecule has 0 bridgehead atoms. The predicted molar refractivity (Wildman–Crippen MR) is 72.5 cm³/mol. The highest BCUT2D eigenvalue weighted by atomic mass is 35.5. The molecule has 2 rings (SSSR count). The van der Waals surface area contributed by atoms with Crippen LogP contribution in [-0.4, -0.2) is 55.5 Å². The van der Waals surface area contributed by atoms with Gasteiger partial charge in [-0.15, -0.1) is 11.6 Å². The van der Waals surface area contributed by atoms with Crippen LogP contribution in [0.1, 0.15) is 0 Å². The Morgan fingerprint density at radius 2 is 1.94 bits per heavy atom. The fourth-order valence-electron chi connectivity index (χ4n) is 1.96. The van der Waals surface area contributed by atoms with Gasteiger partial charge < -0.3 is 4.90 Å². The summed E-state index contributed by atoms with van der Waals surface area (Å²) < 4.78 is 25.2. The minimum atomic E-state index is -3.18. The molecule has 0 radical (unpaired) electrons.